The number of carbonyl (C=O) groups excluding carboxylic acids is 1. The number of hydrogen-bond acceptors (Lipinski definition) is 5. The van der Waals surface area contributed by atoms with Gasteiger partial charge in [-0.05, 0) is 37.4 Å². The van der Waals surface area contributed by atoms with Gasteiger partial charge in [0, 0.05) is 22.2 Å². The number of H-pyrrole nitrogens is 1. The molecule has 0 spiro atoms. The Balaban J connectivity index is 0.000000176. The minimum Gasteiger partial charge on any atom is -0.366 e. The molecule has 3 heterocycles. The van der Waals surface area contributed by atoms with Gasteiger partial charge in [0.15, 0.2) is 0 Å². The number of rotatable bonds is 6. The maximum Gasteiger partial charge on any atom is 0.272 e. The Morgan fingerprint density at radius 1 is 1.21 bits per heavy atom. The van der Waals surface area contributed by atoms with E-state index in [1.807, 2.05) is 29.6 Å². The van der Waals surface area contributed by atoms with Crippen LogP contribution in [0.1, 0.15) is 59.1 Å². The van der Waals surface area contributed by atoms with E-state index in [0.29, 0.717) is 0 Å². The van der Waals surface area contributed by atoms with Gasteiger partial charge >= 0.3 is 0 Å². The van der Waals surface area contributed by atoms with Crippen molar-refractivity contribution in [1.29, 1.82) is 0 Å². The third-order valence-corrected chi connectivity index (χ3v) is 6.15. The Morgan fingerprint density at radius 3 is 2.76 bits per heavy atom. The van der Waals surface area contributed by atoms with E-state index in [0.717, 1.165) is 59.9 Å². The van der Waals surface area contributed by atoms with E-state index in [9.17, 15) is 9.59 Å². The number of nitrogens with one attached hydrogen (secondary N) is 2. The average molecular weight is 413 g/mol. The van der Waals surface area contributed by atoms with Crippen LogP contribution in [0.25, 0.3) is 10.8 Å². The standard InChI is InChI=1S/C14H18N2O.C8H10N2OS/c1-2-3-4-5-10-13-11-8-6-7-9-12(11)14(17)16-15-13;9-8(11)6-4-12-7-3-10-2-1-5(6)7/h6-9H,2-5,10H2,1H3,(H,16,17);4,10H,1-3H2,(H2,9,11). The van der Waals surface area contributed by atoms with Crippen molar-refractivity contribution in [2.45, 2.75) is 52.0 Å². The number of amides is 1. The quantitative estimate of drug-likeness (QED) is 0.539. The number of hydrogen-bond donors (Lipinski definition) is 3. The number of nitrogens with zero attached hydrogens (tertiary/aromatic N) is 1. The lowest BCUT2D eigenvalue weighted by molar-refractivity contribution is 0.0999. The predicted octanol–water partition coefficient (Wildman–Crippen LogP) is 3.54. The molecule has 29 heavy (non-hydrogen) atoms. The second-order valence-electron chi connectivity index (χ2n) is 7.20. The molecule has 1 amide bonds. The fourth-order valence-corrected chi connectivity index (χ4v) is 4.61. The zero-order chi connectivity index (χ0) is 20.6. The maximum absolute atomic E-state index is 11.6. The van der Waals surface area contributed by atoms with Crippen LogP contribution in [0.4, 0.5) is 0 Å². The smallest absolute Gasteiger partial charge is 0.272 e. The monoisotopic (exact) mass is 412 g/mol. The van der Waals surface area contributed by atoms with Gasteiger partial charge in [-0.2, -0.15) is 5.10 Å². The fourth-order valence-electron chi connectivity index (χ4n) is 3.55. The van der Waals surface area contributed by atoms with Crippen molar-refractivity contribution in [2.75, 3.05) is 6.54 Å². The summed E-state index contributed by atoms with van der Waals surface area (Å²) in [5.74, 6) is -0.297. The van der Waals surface area contributed by atoms with Crippen molar-refractivity contribution >= 4 is 28.0 Å². The van der Waals surface area contributed by atoms with E-state index in [4.69, 9.17) is 5.73 Å². The number of benzene rings is 1. The minimum absolute atomic E-state index is 0.0992. The molecule has 0 atom stereocenters. The van der Waals surface area contributed by atoms with Gasteiger partial charge in [0.25, 0.3) is 5.56 Å². The number of thiophene rings is 1. The lowest BCUT2D eigenvalue weighted by Crippen LogP contribution is -2.24. The molecule has 0 saturated heterocycles. The van der Waals surface area contributed by atoms with E-state index in [2.05, 4.69) is 22.4 Å². The van der Waals surface area contributed by atoms with Crippen molar-refractivity contribution in [3.8, 4) is 0 Å². The summed E-state index contributed by atoms with van der Waals surface area (Å²) < 4.78 is 0. The second kappa shape index (κ2) is 10.3. The van der Waals surface area contributed by atoms with Crippen LogP contribution in [-0.4, -0.2) is 22.6 Å². The molecule has 1 aliphatic rings. The number of aromatic nitrogens is 2. The number of aryl methyl sites for hydroxylation is 1. The SMILES string of the molecule is CCCCCCc1n[nH]c(=O)c2ccccc12.NC(=O)c1csc2c1CCNC2. The zero-order valence-corrected chi connectivity index (χ0v) is 17.6. The van der Waals surface area contributed by atoms with E-state index >= 15 is 0 Å². The summed E-state index contributed by atoms with van der Waals surface area (Å²) >= 11 is 1.62. The highest BCUT2D eigenvalue weighted by molar-refractivity contribution is 7.10. The molecule has 0 aliphatic carbocycles. The molecular weight excluding hydrogens is 384 g/mol. The third-order valence-electron chi connectivity index (χ3n) is 5.13. The summed E-state index contributed by atoms with van der Waals surface area (Å²) in [7, 11) is 0. The fraction of sp³-hybridized carbons (Fsp3) is 0.409. The molecule has 6 nitrogen and oxygen atoms in total. The molecule has 0 unspecified atom stereocenters. The first-order valence-corrected chi connectivity index (χ1v) is 11.1. The van der Waals surface area contributed by atoms with E-state index < -0.39 is 0 Å². The summed E-state index contributed by atoms with van der Waals surface area (Å²) in [5.41, 5.74) is 8.02. The van der Waals surface area contributed by atoms with Crippen LogP contribution in [0.2, 0.25) is 0 Å². The number of primary amides is 1. The highest BCUT2D eigenvalue weighted by atomic mass is 32.1. The molecule has 1 aliphatic heterocycles. The molecule has 2 aromatic heterocycles. The van der Waals surface area contributed by atoms with Crippen LogP contribution in [0, 0.1) is 0 Å². The van der Waals surface area contributed by atoms with Gasteiger partial charge in [-0.25, -0.2) is 5.10 Å². The molecule has 0 radical (unpaired) electrons. The molecule has 154 valence electrons. The molecule has 0 bridgehead atoms. The molecule has 4 N–H and O–H groups in total. The van der Waals surface area contributed by atoms with Gasteiger partial charge in [0.05, 0.1) is 16.6 Å². The molecule has 4 rings (SSSR count). The predicted molar refractivity (Wildman–Crippen MR) is 118 cm³/mol. The first-order valence-electron chi connectivity index (χ1n) is 10.2. The van der Waals surface area contributed by atoms with Gasteiger partial charge in [-0.15, -0.1) is 11.3 Å². The summed E-state index contributed by atoms with van der Waals surface area (Å²) in [5, 5.41) is 13.6. The van der Waals surface area contributed by atoms with Crippen molar-refractivity contribution in [2.24, 2.45) is 5.73 Å². The maximum atomic E-state index is 11.6. The Labute approximate surface area is 174 Å². The summed E-state index contributed by atoms with van der Waals surface area (Å²) in [6.07, 6.45) is 6.73. The van der Waals surface area contributed by atoms with E-state index in [1.54, 1.807) is 11.3 Å². The Kier molecular flexibility index (Phi) is 7.55. The van der Waals surface area contributed by atoms with Crippen LogP contribution in [0.3, 0.4) is 0 Å². The number of carbonyl (C=O) groups is 1. The highest BCUT2D eigenvalue weighted by Crippen LogP contribution is 2.24. The average Bonchev–Trinajstić information content (AvgIpc) is 3.18. The Hall–Kier alpha value is -2.51. The zero-order valence-electron chi connectivity index (χ0n) is 16.8. The molecular formula is C22H28N4O2S. The van der Waals surface area contributed by atoms with E-state index in [-0.39, 0.29) is 11.5 Å². The van der Waals surface area contributed by atoms with Crippen LogP contribution >= 0.6 is 11.3 Å². The van der Waals surface area contributed by atoms with Gasteiger partial charge in [-0.3, -0.25) is 9.59 Å². The van der Waals surface area contributed by atoms with Crippen LogP contribution in [-0.2, 0) is 19.4 Å². The molecule has 7 heteroatoms. The van der Waals surface area contributed by atoms with Crippen molar-refractivity contribution in [1.82, 2.24) is 15.5 Å². The van der Waals surface area contributed by atoms with Crippen LogP contribution in [0.15, 0.2) is 34.4 Å². The molecule has 3 aromatic rings. The van der Waals surface area contributed by atoms with Gasteiger partial charge in [-0.1, -0.05) is 44.4 Å². The molecule has 1 aromatic carbocycles. The van der Waals surface area contributed by atoms with Crippen molar-refractivity contribution in [3.05, 3.63) is 61.7 Å². The second-order valence-corrected chi connectivity index (χ2v) is 8.16. The van der Waals surface area contributed by atoms with E-state index in [1.165, 1.54) is 24.1 Å². The Morgan fingerprint density at radius 2 is 2.00 bits per heavy atom. The number of aromatic amines is 1. The topological polar surface area (TPSA) is 101 Å². The third kappa shape index (κ3) is 5.31. The lowest BCUT2D eigenvalue weighted by atomic mass is 10.0. The van der Waals surface area contributed by atoms with Gasteiger partial charge in [0.1, 0.15) is 0 Å². The van der Waals surface area contributed by atoms with Gasteiger partial charge < -0.3 is 11.1 Å². The number of nitrogens with two attached hydrogens (primary N) is 1. The number of unbranched alkanes of at least 4 members (excludes halogenated alkanes) is 3. The molecule has 0 saturated carbocycles. The van der Waals surface area contributed by atoms with Crippen molar-refractivity contribution in [3.63, 3.8) is 0 Å². The lowest BCUT2D eigenvalue weighted by Gasteiger charge is -2.12. The summed E-state index contributed by atoms with van der Waals surface area (Å²) in [6, 6.07) is 7.68. The Bertz CT molecular complexity index is 1030. The number of fused-ring (bicyclic) bond motifs is 2. The summed E-state index contributed by atoms with van der Waals surface area (Å²) in [6.45, 7) is 4.03. The summed E-state index contributed by atoms with van der Waals surface area (Å²) in [4.78, 5) is 23.8. The van der Waals surface area contributed by atoms with Crippen molar-refractivity contribution < 1.29 is 4.79 Å². The molecule has 0 fully saturated rings. The van der Waals surface area contributed by atoms with Crippen LogP contribution < -0.4 is 16.6 Å². The first kappa shape index (κ1) is 21.2. The van der Waals surface area contributed by atoms with Crippen LogP contribution in [0.5, 0.6) is 0 Å². The largest absolute Gasteiger partial charge is 0.366 e. The highest BCUT2D eigenvalue weighted by Gasteiger charge is 2.17. The normalized spacial score (nSPS) is 12.9. The first-order chi connectivity index (χ1) is 14.1. The van der Waals surface area contributed by atoms with Gasteiger partial charge in [0.2, 0.25) is 5.91 Å². The minimum atomic E-state index is -0.297.